The molecule has 0 radical (unpaired) electrons. The Morgan fingerprint density at radius 1 is 0.960 bits per heavy atom. The number of rotatable bonds is 3. The fourth-order valence-corrected chi connectivity index (χ4v) is 4.20. The van der Waals surface area contributed by atoms with Gasteiger partial charge in [0.05, 0.1) is 0 Å². The van der Waals surface area contributed by atoms with Crippen molar-refractivity contribution < 1.29 is 8.78 Å². The molecule has 2 aliphatic heterocycles. The van der Waals surface area contributed by atoms with E-state index in [2.05, 4.69) is 9.89 Å². The summed E-state index contributed by atoms with van der Waals surface area (Å²) < 4.78 is 26.4. The molecule has 0 N–H and O–H groups in total. The summed E-state index contributed by atoms with van der Waals surface area (Å²) in [4.78, 5) is 7.98. The third-order valence-corrected chi connectivity index (χ3v) is 5.40. The summed E-state index contributed by atoms with van der Waals surface area (Å²) in [5.74, 6) is -0.468. The van der Waals surface area contributed by atoms with Crippen LogP contribution in [0.25, 0.3) is 4.91 Å². The van der Waals surface area contributed by atoms with Crippen molar-refractivity contribution >= 4 is 38.8 Å². The Morgan fingerprint density at radius 2 is 1.60 bits per heavy atom. The second-order valence-corrected chi connectivity index (χ2v) is 6.84. The molecule has 4 rings (SSSR count). The molecule has 130 valence electrons. The molecule has 0 atom stereocenters. The van der Waals surface area contributed by atoms with E-state index in [1.165, 1.54) is 24.3 Å². The summed E-state index contributed by atoms with van der Waals surface area (Å²) >= 11 is 1.64. The summed E-state index contributed by atoms with van der Waals surface area (Å²) in [6.45, 7) is 1.78. The molecular weight excluding hydrogens is 406 g/mol. The first kappa shape index (κ1) is 18.1. The zero-order valence-corrected chi connectivity index (χ0v) is 15.9. The van der Waals surface area contributed by atoms with Crippen LogP contribution in [-0.4, -0.2) is 23.2 Å². The van der Waals surface area contributed by atoms with E-state index in [-0.39, 0.29) is 28.6 Å². The molecule has 0 spiro atoms. The van der Waals surface area contributed by atoms with E-state index >= 15 is 0 Å². The predicted octanol–water partition coefficient (Wildman–Crippen LogP) is 5.26. The molecule has 2 aromatic rings. The number of allylic oxidation sites excluding steroid dienone is 1. The number of hydrogen-bond donors (Lipinski definition) is 0. The number of nitrogens with zero attached hydrogens (tertiary/aromatic N) is 2. The van der Waals surface area contributed by atoms with Gasteiger partial charge >= 0.3 is 0 Å². The number of aliphatic imine (C=N–C) groups is 1. The van der Waals surface area contributed by atoms with Crippen LogP contribution in [0, 0.1) is 11.6 Å². The Morgan fingerprint density at radius 3 is 2.28 bits per heavy atom. The van der Waals surface area contributed by atoms with Crippen LogP contribution in [0.1, 0.15) is 17.5 Å². The second-order valence-electron chi connectivity index (χ2n) is 5.86. The van der Waals surface area contributed by atoms with Gasteiger partial charge in [-0.1, -0.05) is 24.3 Å². The van der Waals surface area contributed by atoms with Gasteiger partial charge in [0.2, 0.25) is 0 Å². The highest BCUT2D eigenvalue weighted by Gasteiger charge is 2.31. The predicted molar refractivity (Wildman–Crippen MR) is 105 cm³/mol. The normalized spacial score (nSPS) is 16.4. The Hall–Kier alpha value is -1.66. The molecule has 2 aromatic carbocycles. The molecule has 0 saturated carbocycles. The number of amidine groups is 1. The molecule has 0 aromatic heterocycles. The topological polar surface area (TPSA) is 15.6 Å². The maximum Gasteiger partial charge on any atom is 0.168 e. The van der Waals surface area contributed by atoms with Crippen LogP contribution >= 0.6 is 28.7 Å². The van der Waals surface area contributed by atoms with Gasteiger partial charge in [-0.3, -0.25) is 4.99 Å². The van der Waals surface area contributed by atoms with Crippen molar-refractivity contribution in [2.24, 2.45) is 4.99 Å². The van der Waals surface area contributed by atoms with Gasteiger partial charge in [0, 0.05) is 30.1 Å². The van der Waals surface area contributed by atoms with E-state index in [1.54, 1.807) is 23.9 Å². The quantitative estimate of drug-likeness (QED) is 0.669. The van der Waals surface area contributed by atoms with Crippen LogP contribution in [0.3, 0.4) is 0 Å². The van der Waals surface area contributed by atoms with Gasteiger partial charge in [-0.15, -0.1) is 17.0 Å². The van der Waals surface area contributed by atoms with Crippen molar-refractivity contribution in [3.05, 3.63) is 77.0 Å². The van der Waals surface area contributed by atoms with Gasteiger partial charge in [-0.2, -0.15) is 0 Å². The summed E-state index contributed by atoms with van der Waals surface area (Å²) in [6, 6.07) is 13.2. The zero-order chi connectivity index (χ0) is 16.5. The molecule has 0 saturated heterocycles. The third-order valence-electron chi connectivity index (χ3n) is 4.19. The van der Waals surface area contributed by atoms with Crippen LogP contribution in [-0.2, 0) is 6.42 Å². The van der Waals surface area contributed by atoms with Crippen molar-refractivity contribution in [3.8, 4) is 0 Å². The van der Waals surface area contributed by atoms with E-state index in [0.717, 1.165) is 46.4 Å². The minimum atomic E-state index is -0.238. The van der Waals surface area contributed by atoms with Crippen molar-refractivity contribution in [2.75, 3.05) is 13.1 Å². The Labute approximate surface area is 160 Å². The fourth-order valence-electron chi connectivity index (χ4n) is 2.99. The summed E-state index contributed by atoms with van der Waals surface area (Å²) in [7, 11) is 0. The molecule has 0 unspecified atom stereocenters. The maximum atomic E-state index is 13.3. The van der Waals surface area contributed by atoms with Crippen molar-refractivity contribution in [2.45, 2.75) is 12.8 Å². The molecule has 6 heteroatoms. The monoisotopic (exact) mass is 422 g/mol. The molecule has 0 fully saturated rings. The van der Waals surface area contributed by atoms with Gasteiger partial charge in [0.25, 0.3) is 0 Å². The number of halogens is 3. The average molecular weight is 423 g/mol. The summed E-state index contributed by atoms with van der Waals surface area (Å²) in [5.41, 5.74) is 3.21. The summed E-state index contributed by atoms with van der Waals surface area (Å²) in [5, 5.41) is 1.01. The Kier molecular flexibility index (Phi) is 5.59. The number of thioether (sulfide) groups is 1. The van der Waals surface area contributed by atoms with E-state index in [4.69, 9.17) is 0 Å². The Bertz CT molecular complexity index is 816. The maximum absolute atomic E-state index is 13.3. The largest absolute Gasteiger partial charge is 0.323 e. The van der Waals surface area contributed by atoms with E-state index < -0.39 is 0 Å². The van der Waals surface area contributed by atoms with Crippen LogP contribution in [0.2, 0.25) is 0 Å². The van der Waals surface area contributed by atoms with Crippen LogP contribution in [0.15, 0.2) is 59.2 Å². The first-order valence-corrected chi connectivity index (χ1v) is 8.76. The molecule has 0 amide bonds. The molecular formula is C19H17BrF2N2S. The smallest absolute Gasteiger partial charge is 0.168 e. The molecule has 2 nitrogen and oxygen atoms in total. The standard InChI is InChI=1S/C19H16F2N2S.BrH/c20-15-6-2-13(3-7-15)12-17-18(14-4-8-16(21)9-5-14)24-19-22-10-1-11-23(17)19;/h2-9H,1,10-12H2;1H. The van der Waals surface area contributed by atoms with Gasteiger partial charge in [0.1, 0.15) is 11.6 Å². The first-order valence-electron chi connectivity index (χ1n) is 7.94. The SMILES string of the molecule is Br.Fc1ccc(CC2=C(c3ccc(F)cc3)SC3=NCCCN32)cc1. The van der Waals surface area contributed by atoms with Crippen LogP contribution < -0.4 is 0 Å². The van der Waals surface area contributed by atoms with Gasteiger partial charge in [0.15, 0.2) is 5.17 Å². The highest BCUT2D eigenvalue weighted by atomic mass is 79.9. The zero-order valence-electron chi connectivity index (χ0n) is 13.4. The van der Waals surface area contributed by atoms with Gasteiger partial charge in [-0.05, 0) is 53.6 Å². The highest BCUT2D eigenvalue weighted by Crippen LogP contribution is 2.43. The third kappa shape index (κ3) is 3.80. The van der Waals surface area contributed by atoms with Crippen molar-refractivity contribution in [3.63, 3.8) is 0 Å². The second kappa shape index (κ2) is 7.70. The lowest BCUT2D eigenvalue weighted by Gasteiger charge is -2.25. The van der Waals surface area contributed by atoms with Crippen LogP contribution in [0.5, 0.6) is 0 Å². The van der Waals surface area contributed by atoms with E-state index in [1.807, 2.05) is 12.1 Å². The fraction of sp³-hybridized carbons (Fsp3) is 0.211. The van der Waals surface area contributed by atoms with E-state index in [0.29, 0.717) is 6.42 Å². The van der Waals surface area contributed by atoms with E-state index in [9.17, 15) is 8.78 Å². The highest BCUT2D eigenvalue weighted by molar-refractivity contribution is 8.93. The van der Waals surface area contributed by atoms with Crippen molar-refractivity contribution in [1.82, 2.24) is 4.90 Å². The number of hydrogen-bond acceptors (Lipinski definition) is 3. The van der Waals surface area contributed by atoms with Gasteiger partial charge < -0.3 is 4.90 Å². The van der Waals surface area contributed by atoms with Crippen molar-refractivity contribution in [1.29, 1.82) is 0 Å². The lowest BCUT2D eigenvalue weighted by atomic mass is 10.1. The van der Waals surface area contributed by atoms with Crippen LogP contribution in [0.4, 0.5) is 8.78 Å². The number of fused-ring (bicyclic) bond motifs is 1. The molecule has 0 aliphatic carbocycles. The molecule has 0 bridgehead atoms. The summed E-state index contributed by atoms with van der Waals surface area (Å²) in [6.07, 6.45) is 1.73. The molecule has 2 aliphatic rings. The minimum absolute atomic E-state index is 0. The van der Waals surface area contributed by atoms with Gasteiger partial charge in [-0.25, -0.2) is 8.78 Å². The lowest BCUT2D eigenvalue weighted by Crippen LogP contribution is -2.30. The lowest BCUT2D eigenvalue weighted by molar-refractivity contribution is 0.479. The number of benzene rings is 2. The molecule has 2 heterocycles. The molecule has 25 heavy (non-hydrogen) atoms. The minimum Gasteiger partial charge on any atom is -0.323 e. The average Bonchev–Trinajstić information content (AvgIpc) is 2.96. The first-order chi connectivity index (χ1) is 11.7. The Balaban J connectivity index is 0.00000182.